The first-order valence-electron chi connectivity index (χ1n) is 7.48. The number of hydrogen-bond acceptors (Lipinski definition) is 4. The zero-order chi connectivity index (χ0) is 15.8. The van der Waals surface area contributed by atoms with Crippen molar-refractivity contribution in [3.63, 3.8) is 0 Å². The summed E-state index contributed by atoms with van der Waals surface area (Å²) in [7, 11) is 0. The highest BCUT2D eigenvalue weighted by atomic mass is 16.1. The van der Waals surface area contributed by atoms with Crippen molar-refractivity contribution in [2.75, 3.05) is 10.6 Å². The quantitative estimate of drug-likeness (QED) is 0.679. The molecule has 3 aromatic rings. The lowest BCUT2D eigenvalue weighted by Crippen LogP contribution is -2.23. The highest BCUT2D eigenvalue weighted by Gasteiger charge is 2.24. The zero-order valence-corrected chi connectivity index (χ0v) is 12.6. The third-order valence-corrected chi connectivity index (χ3v) is 4.12. The molecule has 1 aromatic carbocycles. The fourth-order valence-corrected chi connectivity index (χ4v) is 2.90. The van der Waals surface area contributed by atoms with Gasteiger partial charge in [-0.25, -0.2) is 0 Å². The number of aryl methyl sites for hydroxylation is 1. The van der Waals surface area contributed by atoms with Crippen LogP contribution in [0.4, 0.5) is 11.4 Å². The third kappa shape index (κ3) is 2.36. The number of nitrogens with zero attached hydrogens (tertiary/aromatic N) is 1. The minimum absolute atomic E-state index is 0.0988. The van der Waals surface area contributed by atoms with Crippen molar-refractivity contribution >= 4 is 11.4 Å². The van der Waals surface area contributed by atoms with Gasteiger partial charge < -0.3 is 15.6 Å². The number of nitrogens with one attached hydrogen (secondary N) is 3. The van der Waals surface area contributed by atoms with Crippen molar-refractivity contribution in [3.05, 3.63) is 76.5 Å². The summed E-state index contributed by atoms with van der Waals surface area (Å²) in [5.74, 6) is 0. The van der Waals surface area contributed by atoms with Crippen molar-refractivity contribution in [2.45, 2.75) is 13.1 Å². The summed E-state index contributed by atoms with van der Waals surface area (Å²) >= 11 is 0. The maximum Gasteiger partial charge on any atom is 0.255 e. The van der Waals surface area contributed by atoms with E-state index in [1.54, 1.807) is 18.6 Å². The topological polar surface area (TPSA) is 69.8 Å². The largest absolute Gasteiger partial charge is 0.360 e. The van der Waals surface area contributed by atoms with Gasteiger partial charge in [-0.3, -0.25) is 9.78 Å². The Bertz CT molecular complexity index is 918. The van der Waals surface area contributed by atoms with Gasteiger partial charge in [-0.05, 0) is 47.9 Å². The second-order valence-electron chi connectivity index (χ2n) is 5.63. The van der Waals surface area contributed by atoms with Gasteiger partial charge in [0.1, 0.15) is 6.17 Å². The van der Waals surface area contributed by atoms with Crippen molar-refractivity contribution in [3.8, 4) is 11.1 Å². The van der Waals surface area contributed by atoms with Crippen LogP contribution >= 0.6 is 0 Å². The molecule has 23 heavy (non-hydrogen) atoms. The number of anilines is 2. The summed E-state index contributed by atoms with van der Waals surface area (Å²) in [5, 5.41) is 6.76. The molecule has 0 bridgehead atoms. The number of aromatic nitrogens is 2. The van der Waals surface area contributed by atoms with Crippen molar-refractivity contribution in [1.82, 2.24) is 9.97 Å². The average Bonchev–Trinajstić information content (AvgIpc) is 3.01. The van der Waals surface area contributed by atoms with Crippen LogP contribution in [0.2, 0.25) is 0 Å². The van der Waals surface area contributed by atoms with E-state index < -0.39 is 0 Å². The molecule has 0 fully saturated rings. The van der Waals surface area contributed by atoms with Crippen molar-refractivity contribution in [2.24, 2.45) is 0 Å². The summed E-state index contributed by atoms with van der Waals surface area (Å²) in [6, 6.07) is 11.8. The number of fused-ring (bicyclic) bond motifs is 1. The van der Waals surface area contributed by atoms with E-state index in [9.17, 15) is 4.79 Å². The van der Waals surface area contributed by atoms with Gasteiger partial charge in [0, 0.05) is 18.6 Å². The van der Waals surface area contributed by atoms with Crippen LogP contribution in [0, 0.1) is 6.92 Å². The van der Waals surface area contributed by atoms with Gasteiger partial charge in [0.05, 0.1) is 16.9 Å². The first-order valence-corrected chi connectivity index (χ1v) is 7.48. The Balaban J connectivity index is 1.74. The molecule has 5 nitrogen and oxygen atoms in total. The minimum Gasteiger partial charge on any atom is -0.360 e. The summed E-state index contributed by atoms with van der Waals surface area (Å²) in [6.07, 6.45) is 4.97. The van der Waals surface area contributed by atoms with Crippen LogP contribution in [0.3, 0.4) is 0 Å². The Kier molecular flexibility index (Phi) is 3.12. The van der Waals surface area contributed by atoms with E-state index in [0.29, 0.717) is 5.56 Å². The number of hydrogen-bond donors (Lipinski definition) is 3. The van der Waals surface area contributed by atoms with E-state index in [1.165, 1.54) is 0 Å². The van der Waals surface area contributed by atoms with Crippen LogP contribution in [-0.2, 0) is 0 Å². The zero-order valence-electron chi connectivity index (χ0n) is 12.6. The van der Waals surface area contributed by atoms with Crippen LogP contribution in [0.25, 0.3) is 11.1 Å². The van der Waals surface area contributed by atoms with Crippen LogP contribution in [-0.4, -0.2) is 9.97 Å². The number of aromatic amines is 1. The molecular formula is C18H16N4O. The lowest BCUT2D eigenvalue weighted by atomic mass is 10.1. The molecule has 1 unspecified atom stereocenters. The summed E-state index contributed by atoms with van der Waals surface area (Å²) in [6.45, 7) is 2.05. The minimum atomic E-state index is -0.239. The number of rotatable bonds is 2. The maximum absolute atomic E-state index is 12.3. The van der Waals surface area contributed by atoms with Crippen LogP contribution in [0.15, 0.2) is 59.8 Å². The predicted octanol–water partition coefficient (Wildman–Crippen LogP) is 3.28. The van der Waals surface area contributed by atoms with E-state index in [2.05, 4.69) is 20.6 Å². The Morgan fingerprint density at radius 2 is 1.87 bits per heavy atom. The van der Waals surface area contributed by atoms with Crippen molar-refractivity contribution in [1.29, 1.82) is 0 Å². The molecule has 2 aromatic heterocycles. The van der Waals surface area contributed by atoms with Crippen LogP contribution in [0.5, 0.6) is 0 Å². The lowest BCUT2D eigenvalue weighted by Gasteiger charge is -2.13. The molecule has 0 saturated heterocycles. The van der Waals surface area contributed by atoms with E-state index in [4.69, 9.17) is 0 Å². The van der Waals surface area contributed by atoms with Gasteiger partial charge in [-0.15, -0.1) is 0 Å². The van der Waals surface area contributed by atoms with Gasteiger partial charge in [-0.1, -0.05) is 12.1 Å². The van der Waals surface area contributed by atoms with E-state index in [1.807, 2.05) is 43.3 Å². The summed E-state index contributed by atoms with van der Waals surface area (Å²) in [4.78, 5) is 19.1. The first-order chi connectivity index (χ1) is 11.2. The first kappa shape index (κ1) is 13.6. The van der Waals surface area contributed by atoms with E-state index in [0.717, 1.165) is 28.1 Å². The van der Waals surface area contributed by atoms with Gasteiger partial charge >= 0.3 is 0 Å². The number of pyridine rings is 2. The number of benzene rings is 1. The fourth-order valence-electron chi connectivity index (χ4n) is 2.90. The third-order valence-electron chi connectivity index (χ3n) is 4.12. The smallest absolute Gasteiger partial charge is 0.255 e. The molecule has 3 N–H and O–H groups in total. The second-order valence-corrected chi connectivity index (χ2v) is 5.63. The molecule has 3 heterocycles. The normalized spacial score (nSPS) is 15.6. The highest BCUT2D eigenvalue weighted by Crippen LogP contribution is 2.37. The van der Waals surface area contributed by atoms with Crippen molar-refractivity contribution < 1.29 is 0 Å². The van der Waals surface area contributed by atoms with Gasteiger partial charge in [0.2, 0.25) is 0 Å². The summed E-state index contributed by atoms with van der Waals surface area (Å²) in [5.41, 5.74) is 5.75. The summed E-state index contributed by atoms with van der Waals surface area (Å²) < 4.78 is 0. The standard InChI is InChI=1S/C18H16N4O/c1-11-3-2-4-15-16(11)22-17(21-15)14-9-13(10-20-18(14)23)12-5-7-19-8-6-12/h2-10,17,21-22H,1H3,(H,20,23). The molecule has 5 heteroatoms. The lowest BCUT2D eigenvalue weighted by molar-refractivity contribution is 0.910. The molecule has 0 saturated carbocycles. The average molecular weight is 304 g/mol. The molecule has 0 amide bonds. The highest BCUT2D eigenvalue weighted by molar-refractivity contribution is 5.78. The van der Waals surface area contributed by atoms with Gasteiger partial charge in [0.15, 0.2) is 0 Å². The maximum atomic E-state index is 12.3. The SMILES string of the molecule is Cc1cccc2c1NC(c1cc(-c3ccncc3)c[nH]c1=O)N2. The number of para-hydroxylation sites is 1. The van der Waals surface area contributed by atoms with Gasteiger partial charge in [0.25, 0.3) is 5.56 Å². The molecule has 114 valence electrons. The monoisotopic (exact) mass is 304 g/mol. The molecule has 1 aliphatic heterocycles. The Morgan fingerprint density at radius 3 is 2.65 bits per heavy atom. The predicted molar refractivity (Wildman–Crippen MR) is 91.5 cm³/mol. The second kappa shape index (κ2) is 5.28. The fraction of sp³-hybridized carbons (Fsp3) is 0.111. The molecule has 1 aliphatic rings. The molecule has 4 rings (SSSR count). The van der Waals surface area contributed by atoms with E-state index in [-0.39, 0.29) is 11.7 Å². The van der Waals surface area contributed by atoms with Crippen LogP contribution in [0.1, 0.15) is 17.3 Å². The Labute approximate surface area is 133 Å². The molecular weight excluding hydrogens is 288 g/mol. The molecule has 0 radical (unpaired) electrons. The van der Waals surface area contributed by atoms with E-state index >= 15 is 0 Å². The Hall–Kier alpha value is -3.08. The molecule has 1 atom stereocenters. The molecule has 0 aliphatic carbocycles. The number of H-pyrrole nitrogens is 1. The van der Waals surface area contributed by atoms with Gasteiger partial charge in [-0.2, -0.15) is 0 Å². The molecule has 0 spiro atoms. The Morgan fingerprint density at radius 1 is 1.04 bits per heavy atom. The van der Waals surface area contributed by atoms with Crippen LogP contribution < -0.4 is 16.2 Å².